The number of amides is 1. The Kier molecular flexibility index (Phi) is 9.76. The van der Waals surface area contributed by atoms with E-state index in [0.29, 0.717) is 18.1 Å². The first-order chi connectivity index (χ1) is 13.0. The number of ether oxygens (including phenoxy) is 1. The number of guanidine groups is 1. The molecule has 3 rings (SSSR count). The fourth-order valence-corrected chi connectivity index (χ4v) is 4.55. The minimum atomic E-state index is 0. The molecule has 7 nitrogen and oxygen atoms in total. The second-order valence-electron chi connectivity index (χ2n) is 8.54. The summed E-state index contributed by atoms with van der Waals surface area (Å²) in [4.78, 5) is 20.7. The molecule has 28 heavy (non-hydrogen) atoms. The third kappa shape index (κ3) is 6.73. The zero-order valence-corrected chi connectivity index (χ0v) is 20.0. The fourth-order valence-electron chi connectivity index (χ4n) is 4.55. The van der Waals surface area contributed by atoms with E-state index in [4.69, 9.17) is 4.74 Å². The first kappa shape index (κ1) is 23.7. The van der Waals surface area contributed by atoms with Gasteiger partial charge in [0, 0.05) is 45.4 Å². The average molecular weight is 507 g/mol. The number of hydrogen-bond acceptors (Lipinski definition) is 4. The first-order valence-corrected chi connectivity index (χ1v) is 10.6. The van der Waals surface area contributed by atoms with Gasteiger partial charge in [-0.15, -0.1) is 24.0 Å². The molecule has 0 aliphatic carbocycles. The van der Waals surface area contributed by atoms with Crippen LogP contribution >= 0.6 is 24.0 Å². The van der Waals surface area contributed by atoms with E-state index in [1.54, 1.807) is 19.0 Å². The summed E-state index contributed by atoms with van der Waals surface area (Å²) < 4.78 is 5.83. The Bertz CT molecular complexity index is 511. The van der Waals surface area contributed by atoms with Crippen LogP contribution in [0, 0.1) is 0 Å². The Morgan fingerprint density at radius 3 is 2.46 bits per heavy atom. The predicted molar refractivity (Wildman–Crippen MR) is 123 cm³/mol. The Balaban J connectivity index is 0.00000280. The molecule has 0 aromatic rings. The summed E-state index contributed by atoms with van der Waals surface area (Å²) in [6, 6.07) is 1.76. The number of fused-ring (bicyclic) bond motifs is 2. The van der Waals surface area contributed by atoms with E-state index in [2.05, 4.69) is 27.6 Å². The highest BCUT2D eigenvalue weighted by molar-refractivity contribution is 14.0. The average Bonchev–Trinajstić information content (AvgIpc) is 2.65. The molecule has 3 aliphatic heterocycles. The molecule has 3 saturated heterocycles. The first-order valence-electron chi connectivity index (χ1n) is 10.6. The molecule has 0 radical (unpaired) electrons. The van der Waals surface area contributed by atoms with E-state index in [9.17, 15) is 4.79 Å². The maximum Gasteiger partial charge on any atom is 0.243 e. The highest BCUT2D eigenvalue weighted by Crippen LogP contribution is 2.32. The minimum absolute atomic E-state index is 0. The van der Waals surface area contributed by atoms with Crippen molar-refractivity contribution in [3.63, 3.8) is 0 Å². The summed E-state index contributed by atoms with van der Waals surface area (Å²) in [5, 5.41) is 7.06. The summed E-state index contributed by atoms with van der Waals surface area (Å²) >= 11 is 0. The molecule has 3 fully saturated rings. The van der Waals surface area contributed by atoms with Crippen molar-refractivity contribution in [3.8, 4) is 0 Å². The standard InChI is InChI=1S/C20H37N5O2.HI/c1-24(2)19(26)14-22-20(21-13-18-9-4-5-10-27-18)23-15-11-16-7-6-8-17(12-15)25(16)3;/h15-18H,4-14H2,1-3H3,(H2,21,22,23);1H. The predicted octanol–water partition coefficient (Wildman–Crippen LogP) is 1.81. The van der Waals surface area contributed by atoms with E-state index in [0.717, 1.165) is 44.8 Å². The van der Waals surface area contributed by atoms with Gasteiger partial charge in [-0.25, -0.2) is 4.99 Å². The molecule has 3 heterocycles. The maximum atomic E-state index is 12.0. The molecule has 0 aromatic carbocycles. The van der Waals surface area contributed by atoms with Crippen LogP contribution in [-0.4, -0.2) is 86.7 Å². The van der Waals surface area contributed by atoms with Crippen LogP contribution in [-0.2, 0) is 9.53 Å². The van der Waals surface area contributed by atoms with Crippen LogP contribution in [0.1, 0.15) is 51.4 Å². The SMILES string of the molecule is CN(C)C(=O)CN=C(NCC1CCCCO1)NC1CC2CCCC(C1)N2C.I. The van der Waals surface area contributed by atoms with Gasteiger partial charge in [0.2, 0.25) is 5.91 Å². The van der Waals surface area contributed by atoms with Crippen LogP contribution in [0.5, 0.6) is 0 Å². The number of hydrogen-bond donors (Lipinski definition) is 2. The topological polar surface area (TPSA) is 69.2 Å². The number of carbonyl (C=O) groups is 1. The van der Waals surface area contributed by atoms with E-state index in [1.807, 2.05) is 0 Å². The van der Waals surface area contributed by atoms with Gasteiger partial charge in [0.25, 0.3) is 0 Å². The molecule has 0 saturated carbocycles. The molecule has 8 heteroatoms. The third-order valence-corrected chi connectivity index (χ3v) is 6.32. The molecular formula is C20H38IN5O2. The van der Waals surface area contributed by atoms with Gasteiger partial charge in [-0.1, -0.05) is 6.42 Å². The second-order valence-corrected chi connectivity index (χ2v) is 8.54. The number of nitrogens with zero attached hydrogens (tertiary/aromatic N) is 3. The van der Waals surface area contributed by atoms with E-state index in [-0.39, 0.29) is 42.5 Å². The van der Waals surface area contributed by atoms with Crippen molar-refractivity contribution >= 4 is 35.8 Å². The third-order valence-electron chi connectivity index (χ3n) is 6.32. The van der Waals surface area contributed by atoms with Gasteiger partial charge >= 0.3 is 0 Å². The van der Waals surface area contributed by atoms with Gasteiger partial charge in [-0.2, -0.15) is 0 Å². The van der Waals surface area contributed by atoms with Gasteiger partial charge in [-0.3, -0.25) is 4.79 Å². The van der Waals surface area contributed by atoms with Crippen molar-refractivity contribution in [2.45, 2.75) is 75.6 Å². The van der Waals surface area contributed by atoms with Crippen molar-refractivity contribution in [1.29, 1.82) is 0 Å². The number of rotatable bonds is 5. The van der Waals surface area contributed by atoms with Gasteiger partial charge in [0.05, 0.1) is 6.10 Å². The van der Waals surface area contributed by atoms with Gasteiger partial charge in [-0.05, 0) is 52.0 Å². The molecule has 162 valence electrons. The summed E-state index contributed by atoms with van der Waals surface area (Å²) in [5.74, 6) is 0.775. The lowest BCUT2D eigenvalue weighted by molar-refractivity contribution is -0.127. The number of piperidine rings is 2. The van der Waals surface area contributed by atoms with E-state index >= 15 is 0 Å². The monoisotopic (exact) mass is 507 g/mol. The van der Waals surface area contributed by atoms with Crippen molar-refractivity contribution in [1.82, 2.24) is 20.4 Å². The van der Waals surface area contributed by atoms with Gasteiger partial charge in [0.15, 0.2) is 5.96 Å². The molecule has 3 aliphatic rings. The molecule has 1 amide bonds. The Labute approximate surface area is 187 Å². The smallest absolute Gasteiger partial charge is 0.243 e. The van der Waals surface area contributed by atoms with Gasteiger partial charge < -0.3 is 25.2 Å². The minimum Gasteiger partial charge on any atom is -0.376 e. The van der Waals surface area contributed by atoms with Crippen molar-refractivity contribution in [3.05, 3.63) is 0 Å². The lowest BCUT2D eigenvalue weighted by Gasteiger charge is -2.47. The Morgan fingerprint density at radius 2 is 1.86 bits per heavy atom. The van der Waals surface area contributed by atoms with Crippen LogP contribution < -0.4 is 10.6 Å². The second kappa shape index (κ2) is 11.5. The zero-order chi connectivity index (χ0) is 19.2. The molecule has 3 atom stereocenters. The zero-order valence-electron chi connectivity index (χ0n) is 17.7. The maximum absolute atomic E-state index is 12.0. The van der Waals surface area contributed by atoms with E-state index in [1.165, 1.54) is 25.7 Å². The molecule has 0 spiro atoms. The molecule has 2 bridgehead atoms. The molecular weight excluding hydrogens is 469 g/mol. The number of carbonyl (C=O) groups excluding carboxylic acids is 1. The lowest BCUT2D eigenvalue weighted by atomic mass is 9.82. The summed E-state index contributed by atoms with van der Waals surface area (Å²) in [6.45, 7) is 1.78. The highest BCUT2D eigenvalue weighted by Gasteiger charge is 2.36. The van der Waals surface area contributed by atoms with Crippen LogP contribution in [0.3, 0.4) is 0 Å². The van der Waals surface area contributed by atoms with Crippen molar-refractivity contribution < 1.29 is 9.53 Å². The Morgan fingerprint density at radius 1 is 1.14 bits per heavy atom. The summed E-state index contributed by atoms with van der Waals surface area (Å²) in [6.07, 6.45) is 9.95. The van der Waals surface area contributed by atoms with Crippen molar-refractivity contribution in [2.24, 2.45) is 4.99 Å². The van der Waals surface area contributed by atoms with Crippen LogP contribution in [0.15, 0.2) is 4.99 Å². The highest BCUT2D eigenvalue weighted by atomic mass is 127. The molecule has 3 unspecified atom stereocenters. The largest absolute Gasteiger partial charge is 0.376 e. The number of nitrogens with one attached hydrogen (secondary N) is 2. The normalized spacial score (nSPS) is 30.9. The lowest BCUT2D eigenvalue weighted by Crippen LogP contribution is -2.57. The van der Waals surface area contributed by atoms with E-state index < -0.39 is 0 Å². The van der Waals surface area contributed by atoms with Crippen molar-refractivity contribution in [2.75, 3.05) is 40.8 Å². The van der Waals surface area contributed by atoms with Crippen LogP contribution in [0.25, 0.3) is 0 Å². The molecule has 0 aromatic heterocycles. The van der Waals surface area contributed by atoms with Crippen LogP contribution in [0.4, 0.5) is 0 Å². The fraction of sp³-hybridized carbons (Fsp3) is 0.900. The molecule has 2 N–H and O–H groups in total. The Hall–Kier alpha value is -0.610. The number of likely N-dealkylation sites (N-methyl/N-ethyl adjacent to an activating group) is 1. The summed E-state index contributed by atoms with van der Waals surface area (Å²) in [7, 11) is 5.81. The summed E-state index contributed by atoms with van der Waals surface area (Å²) in [5.41, 5.74) is 0. The number of halogens is 1. The van der Waals surface area contributed by atoms with Crippen LogP contribution in [0.2, 0.25) is 0 Å². The number of aliphatic imine (C=N–C) groups is 1. The van der Waals surface area contributed by atoms with Gasteiger partial charge in [0.1, 0.15) is 6.54 Å². The quantitative estimate of drug-likeness (QED) is 0.338.